The quantitative estimate of drug-likeness (QED) is 0.592. The number of ether oxygens (including phenoxy) is 2. The Hall–Kier alpha value is -2.91. The summed E-state index contributed by atoms with van der Waals surface area (Å²) in [5.41, 5.74) is 1.04. The summed E-state index contributed by atoms with van der Waals surface area (Å²) in [7, 11) is -2.35. The van der Waals surface area contributed by atoms with Gasteiger partial charge in [-0.15, -0.1) is 0 Å². The van der Waals surface area contributed by atoms with Crippen LogP contribution in [0.4, 0.5) is 5.69 Å². The molecule has 1 amide bonds. The standard InChI is InChI=1S/C24H28N2O6S/c1-3-32-23(28)24(12-13-24)18-7-9-19(10-8-18)25-22(27)17-6-11-20(31-2)21(16-17)33(29,30)26-14-4-5-15-26/h6-11,16H,3-5,12-15H2,1-2H3,(H,25,27). The molecule has 1 saturated carbocycles. The van der Waals surface area contributed by atoms with E-state index in [4.69, 9.17) is 9.47 Å². The van der Waals surface area contributed by atoms with Crippen LogP contribution < -0.4 is 10.1 Å². The Bertz CT molecular complexity index is 1150. The van der Waals surface area contributed by atoms with E-state index in [0.717, 1.165) is 31.2 Å². The van der Waals surface area contributed by atoms with Gasteiger partial charge in [0.15, 0.2) is 0 Å². The zero-order chi connectivity index (χ0) is 23.6. The summed E-state index contributed by atoms with van der Waals surface area (Å²) in [6.45, 7) is 3.04. The molecule has 1 saturated heterocycles. The first-order valence-electron chi connectivity index (χ1n) is 11.1. The van der Waals surface area contributed by atoms with Gasteiger partial charge in [-0.3, -0.25) is 9.59 Å². The maximum atomic E-state index is 13.1. The van der Waals surface area contributed by atoms with Crippen molar-refractivity contribution in [3.05, 3.63) is 53.6 Å². The number of carbonyl (C=O) groups excluding carboxylic acids is 2. The molecule has 2 fully saturated rings. The van der Waals surface area contributed by atoms with E-state index < -0.39 is 21.3 Å². The molecule has 0 bridgehead atoms. The molecule has 0 atom stereocenters. The number of anilines is 1. The van der Waals surface area contributed by atoms with Crippen LogP contribution in [0.2, 0.25) is 0 Å². The third kappa shape index (κ3) is 4.47. The van der Waals surface area contributed by atoms with Crippen LogP contribution in [-0.2, 0) is 25.0 Å². The van der Waals surface area contributed by atoms with Crippen LogP contribution in [0.5, 0.6) is 5.75 Å². The van der Waals surface area contributed by atoms with Crippen molar-refractivity contribution in [1.82, 2.24) is 4.31 Å². The number of esters is 1. The lowest BCUT2D eigenvalue weighted by atomic mass is 9.96. The third-order valence-electron chi connectivity index (χ3n) is 6.22. The molecule has 4 rings (SSSR count). The molecule has 1 heterocycles. The van der Waals surface area contributed by atoms with E-state index in [1.54, 1.807) is 19.1 Å². The Morgan fingerprint density at radius 3 is 2.30 bits per heavy atom. The minimum atomic E-state index is -3.75. The van der Waals surface area contributed by atoms with Crippen molar-refractivity contribution in [2.75, 3.05) is 32.1 Å². The Morgan fingerprint density at radius 2 is 1.73 bits per heavy atom. The fraction of sp³-hybridized carbons (Fsp3) is 0.417. The Labute approximate surface area is 193 Å². The second-order valence-electron chi connectivity index (χ2n) is 8.31. The van der Waals surface area contributed by atoms with E-state index >= 15 is 0 Å². The van der Waals surface area contributed by atoms with Gasteiger partial charge in [-0.25, -0.2) is 8.42 Å². The Kier molecular flexibility index (Phi) is 6.45. The van der Waals surface area contributed by atoms with Crippen molar-refractivity contribution in [2.45, 2.75) is 42.9 Å². The number of nitrogens with one attached hydrogen (secondary N) is 1. The zero-order valence-electron chi connectivity index (χ0n) is 18.8. The van der Waals surface area contributed by atoms with Crippen molar-refractivity contribution in [3.8, 4) is 5.75 Å². The van der Waals surface area contributed by atoms with Gasteiger partial charge in [0.25, 0.3) is 5.91 Å². The first kappa shape index (κ1) is 23.3. The predicted molar refractivity (Wildman–Crippen MR) is 123 cm³/mol. The summed E-state index contributed by atoms with van der Waals surface area (Å²) in [5, 5.41) is 2.79. The van der Waals surface area contributed by atoms with E-state index in [2.05, 4.69) is 5.32 Å². The lowest BCUT2D eigenvalue weighted by Gasteiger charge is -2.18. The minimum Gasteiger partial charge on any atom is -0.495 e. The second kappa shape index (κ2) is 9.15. The fourth-order valence-corrected chi connectivity index (χ4v) is 5.87. The SMILES string of the molecule is CCOC(=O)C1(c2ccc(NC(=O)c3ccc(OC)c(S(=O)(=O)N4CCCC4)c3)cc2)CC1. The van der Waals surface area contributed by atoms with E-state index in [-0.39, 0.29) is 22.2 Å². The number of hydrogen-bond acceptors (Lipinski definition) is 6. The lowest BCUT2D eigenvalue weighted by molar-refractivity contribution is -0.146. The van der Waals surface area contributed by atoms with Crippen molar-refractivity contribution in [1.29, 1.82) is 0 Å². The van der Waals surface area contributed by atoms with Crippen molar-refractivity contribution >= 4 is 27.6 Å². The molecule has 2 aromatic rings. The molecule has 0 unspecified atom stereocenters. The molecule has 33 heavy (non-hydrogen) atoms. The smallest absolute Gasteiger partial charge is 0.316 e. The van der Waals surface area contributed by atoms with Gasteiger partial charge in [-0.05, 0) is 68.5 Å². The lowest BCUT2D eigenvalue weighted by Crippen LogP contribution is -2.28. The van der Waals surface area contributed by atoms with Crippen molar-refractivity contribution in [3.63, 3.8) is 0 Å². The van der Waals surface area contributed by atoms with E-state index in [0.29, 0.717) is 25.4 Å². The first-order chi connectivity index (χ1) is 15.8. The molecular formula is C24H28N2O6S. The van der Waals surface area contributed by atoms with Gasteiger partial charge in [-0.1, -0.05) is 12.1 Å². The van der Waals surface area contributed by atoms with Crippen LogP contribution >= 0.6 is 0 Å². The van der Waals surface area contributed by atoms with Gasteiger partial charge in [-0.2, -0.15) is 4.31 Å². The number of nitrogens with zero attached hydrogens (tertiary/aromatic N) is 1. The Morgan fingerprint density at radius 1 is 1.06 bits per heavy atom. The monoisotopic (exact) mass is 472 g/mol. The van der Waals surface area contributed by atoms with Crippen molar-refractivity contribution in [2.24, 2.45) is 0 Å². The Balaban J connectivity index is 1.53. The predicted octanol–water partition coefficient (Wildman–Crippen LogP) is 3.33. The van der Waals surface area contributed by atoms with Gasteiger partial charge in [0.05, 0.1) is 19.1 Å². The first-order valence-corrected chi connectivity index (χ1v) is 12.5. The van der Waals surface area contributed by atoms with E-state index in [1.807, 2.05) is 12.1 Å². The molecule has 2 aromatic carbocycles. The van der Waals surface area contributed by atoms with Crippen LogP contribution in [-0.4, -0.2) is 51.4 Å². The number of amides is 1. The summed E-state index contributed by atoms with van der Waals surface area (Å²) in [6, 6.07) is 11.5. The number of rotatable bonds is 8. The van der Waals surface area contributed by atoms with Gasteiger partial charge in [0, 0.05) is 24.3 Å². The molecule has 176 valence electrons. The summed E-state index contributed by atoms with van der Waals surface area (Å²) < 4.78 is 38.0. The number of sulfonamides is 1. The summed E-state index contributed by atoms with van der Waals surface area (Å²) in [4.78, 5) is 25.1. The van der Waals surface area contributed by atoms with Gasteiger partial charge < -0.3 is 14.8 Å². The van der Waals surface area contributed by atoms with Gasteiger partial charge in [0.2, 0.25) is 10.0 Å². The topological polar surface area (TPSA) is 102 Å². The summed E-state index contributed by atoms with van der Waals surface area (Å²) in [5.74, 6) is -0.446. The molecule has 0 radical (unpaired) electrons. The van der Waals surface area contributed by atoms with E-state index in [9.17, 15) is 18.0 Å². The highest BCUT2D eigenvalue weighted by molar-refractivity contribution is 7.89. The van der Waals surface area contributed by atoms with Crippen LogP contribution in [0.25, 0.3) is 0 Å². The maximum absolute atomic E-state index is 13.1. The number of methoxy groups -OCH3 is 1. The molecule has 1 aliphatic heterocycles. The summed E-state index contributed by atoms with van der Waals surface area (Å²) >= 11 is 0. The van der Waals surface area contributed by atoms with Gasteiger partial charge in [0.1, 0.15) is 10.6 Å². The zero-order valence-corrected chi connectivity index (χ0v) is 19.6. The maximum Gasteiger partial charge on any atom is 0.316 e. The highest BCUT2D eigenvalue weighted by Crippen LogP contribution is 2.49. The van der Waals surface area contributed by atoms with Crippen LogP contribution in [0.3, 0.4) is 0 Å². The number of carbonyl (C=O) groups is 2. The molecule has 1 N–H and O–H groups in total. The molecule has 8 nitrogen and oxygen atoms in total. The number of benzene rings is 2. The summed E-state index contributed by atoms with van der Waals surface area (Å²) in [6.07, 6.45) is 3.12. The minimum absolute atomic E-state index is 0.0139. The molecule has 1 aliphatic carbocycles. The average molecular weight is 473 g/mol. The highest BCUT2D eigenvalue weighted by atomic mass is 32.2. The van der Waals surface area contributed by atoms with Crippen molar-refractivity contribution < 1.29 is 27.5 Å². The molecule has 0 spiro atoms. The van der Waals surface area contributed by atoms with Gasteiger partial charge >= 0.3 is 5.97 Å². The number of hydrogen-bond donors (Lipinski definition) is 1. The van der Waals surface area contributed by atoms with Crippen LogP contribution in [0, 0.1) is 0 Å². The molecule has 0 aromatic heterocycles. The van der Waals surface area contributed by atoms with Crippen LogP contribution in [0.1, 0.15) is 48.5 Å². The largest absolute Gasteiger partial charge is 0.495 e. The third-order valence-corrected chi connectivity index (χ3v) is 8.14. The second-order valence-corrected chi connectivity index (χ2v) is 10.2. The highest BCUT2D eigenvalue weighted by Gasteiger charge is 2.52. The average Bonchev–Trinajstić information content (AvgIpc) is 3.43. The molecule has 2 aliphatic rings. The molecular weight excluding hydrogens is 444 g/mol. The fourth-order valence-electron chi connectivity index (χ4n) is 4.17. The van der Waals surface area contributed by atoms with E-state index in [1.165, 1.54) is 29.6 Å². The normalized spacial score (nSPS) is 17.4. The molecule has 9 heteroatoms. The van der Waals surface area contributed by atoms with Crippen LogP contribution in [0.15, 0.2) is 47.4 Å².